The van der Waals surface area contributed by atoms with Crippen molar-refractivity contribution in [1.82, 2.24) is 4.90 Å². The Labute approximate surface area is 401 Å². The number of cyclic esters (lactones) is 1. The fourth-order valence-corrected chi connectivity index (χ4v) is 12.1. The van der Waals surface area contributed by atoms with E-state index >= 15 is 0 Å². The Morgan fingerprint density at radius 2 is 1.58 bits per heavy atom. The molecule has 14 atom stereocenters. The molecule has 67 heavy (non-hydrogen) atoms. The van der Waals surface area contributed by atoms with E-state index in [4.69, 9.17) is 28.1 Å². The highest BCUT2D eigenvalue weighted by molar-refractivity contribution is 6.74. The summed E-state index contributed by atoms with van der Waals surface area (Å²) in [4.78, 5) is 71.5. The molecule has 3 N–H and O–H groups in total. The maximum absolute atomic E-state index is 14.9. The molecule has 4 aliphatic rings. The number of fused-ring (bicyclic) bond motifs is 3. The van der Waals surface area contributed by atoms with E-state index in [1.807, 2.05) is 39.8 Å². The summed E-state index contributed by atoms with van der Waals surface area (Å²) in [6.45, 7) is 22.2. The molecule has 3 fully saturated rings. The minimum absolute atomic E-state index is 0.000115. The fraction of sp³-hybridized carbons (Fsp3) is 0.824. The smallest absolute Gasteiger partial charge is 0.329 e. The number of amides is 1. The van der Waals surface area contributed by atoms with Crippen LogP contribution in [-0.2, 0) is 52.1 Å². The van der Waals surface area contributed by atoms with Gasteiger partial charge >= 0.3 is 11.9 Å². The molecule has 0 radical (unpaired) electrons. The van der Waals surface area contributed by atoms with Crippen LogP contribution in [0.5, 0.6) is 0 Å². The maximum Gasteiger partial charge on any atom is 0.329 e. The third-order valence-electron chi connectivity index (χ3n) is 15.8. The van der Waals surface area contributed by atoms with Crippen molar-refractivity contribution in [1.29, 1.82) is 0 Å². The summed E-state index contributed by atoms with van der Waals surface area (Å²) in [7, 11) is 1.93. The number of rotatable bonds is 10. The number of piperidine rings is 1. The lowest BCUT2D eigenvalue weighted by Gasteiger charge is -2.47. The van der Waals surface area contributed by atoms with E-state index in [1.165, 1.54) is 26.2 Å². The molecule has 0 aromatic heterocycles. The number of carbonyl (C=O) groups excluding carboxylic acids is 4. The standard InChI is InChI=1S/C51H85NO14Si/c1-15-36-23-30(2)22-31(3)24-40(61-10)45-41(62-11)26-33(5)51(60,65-45)46(56)47(57)52-21-17-16-18-37(52)48(58)64-44(34(6)39(28-38(36)53)66-67(13,14)49(7,8)9)32(4)25-35-19-20-50(59,29-43(54)55)42(27-35)63-12/h23,25,31,33-37,39-42,44-45,59-60H,15-22,24,26-29H2,1-14H3,(H,54,55)/b30-23+,32-25?. The van der Waals surface area contributed by atoms with Crippen molar-refractivity contribution < 1.29 is 67.4 Å². The number of carboxylic acids is 1. The Morgan fingerprint density at radius 3 is 2.16 bits per heavy atom. The molecule has 0 aromatic rings. The average Bonchev–Trinajstić information content (AvgIpc) is 3.25. The van der Waals surface area contributed by atoms with Gasteiger partial charge in [0.25, 0.3) is 11.7 Å². The van der Waals surface area contributed by atoms with Gasteiger partial charge in [0.05, 0.1) is 30.8 Å². The molecule has 4 rings (SSSR count). The number of carboxylic acid groups (broad SMARTS) is 1. The molecule has 16 heteroatoms. The molecule has 2 bridgehead atoms. The number of esters is 1. The number of ketones is 2. The summed E-state index contributed by atoms with van der Waals surface area (Å²) in [6, 6.07) is -1.17. The summed E-state index contributed by atoms with van der Waals surface area (Å²) in [5, 5.41) is 32.9. The zero-order valence-electron chi connectivity index (χ0n) is 43.1. The van der Waals surface area contributed by atoms with Gasteiger partial charge in [0.15, 0.2) is 8.32 Å². The number of aliphatic carboxylic acids is 1. The number of aliphatic hydroxyl groups is 2. The Hall–Kier alpha value is -2.83. The van der Waals surface area contributed by atoms with Crippen molar-refractivity contribution in [2.75, 3.05) is 27.9 Å². The average molecular weight is 964 g/mol. The predicted octanol–water partition coefficient (Wildman–Crippen LogP) is 7.35. The molecule has 1 aliphatic carbocycles. The van der Waals surface area contributed by atoms with Crippen molar-refractivity contribution in [2.24, 2.45) is 29.6 Å². The SMILES string of the molecule is CCC1/C=C(\C)CC(C)CC(OC)C2OC(O)(C(=O)C(=O)N3CCCCC3C(=O)OC(C(C)=CC3CCC(O)(CC(=O)O)C(OC)C3)C(C)C(O[Si](C)(C)C(C)(C)C)CC1=O)C(C)CC2OC. The second-order valence-corrected chi connectivity index (χ2v) is 26.8. The van der Waals surface area contributed by atoms with Gasteiger partial charge < -0.3 is 48.3 Å². The molecule has 15 nitrogen and oxygen atoms in total. The number of carbonyl (C=O) groups is 5. The summed E-state index contributed by atoms with van der Waals surface area (Å²) < 4.78 is 37.6. The number of Topliss-reactive ketones (excluding diaryl/α,β-unsaturated/α-hetero) is 2. The van der Waals surface area contributed by atoms with Gasteiger partial charge in [-0.1, -0.05) is 66.2 Å². The lowest BCUT2D eigenvalue weighted by atomic mass is 9.74. The van der Waals surface area contributed by atoms with E-state index in [9.17, 15) is 39.3 Å². The lowest BCUT2D eigenvalue weighted by molar-refractivity contribution is -0.302. The van der Waals surface area contributed by atoms with E-state index in [0.29, 0.717) is 50.5 Å². The zero-order valence-corrected chi connectivity index (χ0v) is 44.1. The van der Waals surface area contributed by atoms with Crippen LogP contribution in [0, 0.1) is 29.6 Å². The predicted molar refractivity (Wildman–Crippen MR) is 255 cm³/mol. The molecular weight excluding hydrogens is 879 g/mol. The van der Waals surface area contributed by atoms with Crippen LogP contribution in [0.25, 0.3) is 0 Å². The van der Waals surface area contributed by atoms with Gasteiger partial charge in [-0.2, -0.15) is 0 Å². The third-order valence-corrected chi connectivity index (χ3v) is 20.3. The first-order valence-corrected chi connectivity index (χ1v) is 27.6. The Bertz CT molecular complexity index is 1810. The minimum atomic E-state index is -2.59. The molecule has 0 spiro atoms. The number of hydrogen-bond donors (Lipinski definition) is 3. The number of nitrogens with zero attached hydrogens (tertiary/aromatic N) is 1. The molecule has 3 aliphatic heterocycles. The lowest BCUT2D eigenvalue weighted by Crippen LogP contribution is -2.64. The monoisotopic (exact) mass is 964 g/mol. The van der Waals surface area contributed by atoms with Crippen molar-refractivity contribution in [2.45, 2.75) is 212 Å². The quantitative estimate of drug-likeness (QED) is 0.0848. The highest BCUT2D eigenvalue weighted by atomic mass is 28.4. The van der Waals surface area contributed by atoms with Gasteiger partial charge in [0, 0.05) is 52.0 Å². The van der Waals surface area contributed by atoms with Crippen LogP contribution in [0.1, 0.15) is 139 Å². The first kappa shape index (κ1) is 56.8. The first-order chi connectivity index (χ1) is 31.2. The summed E-state index contributed by atoms with van der Waals surface area (Å²) in [5.74, 6) is -8.65. The van der Waals surface area contributed by atoms with Gasteiger partial charge in [0.1, 0.15) is 29.6 Å². The fourth-order valence-electron chi connectivity index (χ4n) is 10.7. The Balaban J connectivity index is 1.89. The number of methoxy groups -OCH3 is 3. The van der Waals surface area contributed by atoms with Crippen molar-refractivity contribution in [3.8, 4) is 0 Å². The highest BCUT2D eigenvalue weighted by Crippen LogP contribution is 2.43. The molecule has 2 saturated heterocycles. The van der Waals surface area contributed by atoms with Crippen LogP contribution in [0.3, 0.4) is 0 Å². The van der Waals surface area contributed by atoms with Gasteiger partial charge in [-0.25, -0.2) is 4.79 Å². The number of ether oxygens (including phenoxy) is 5. The highest BCUT2D eigenvalue weighted by Gasteiger charge is 2.57. The molecule has 382 valence electrons. The second kappa shape index (κ2) is 23.4. The van der Waals surface area contributed by atoms with Gasteiger partial charge in [-0.05, 0) is 114 Å². The third kappa shape index (κ3) is 13.5. The summed E-state index contributed by atoms with van der Waals surface area (Å²) >= 11 is 0. The topological polar surface area (TPSA) is 205 Å². The van der Waals surface area contributed by atoms with E-state index in [-0.39, 0.29) is 54.9 Å². The Morgan fingerprint density at radius 1 is 0.940 bits per heavy atom. The van der Waals surface area contributed by atoms with E-state index in [0.717, 1.165) is 5.57 Å². The van der Waals surface area contributed by atoms with Crippen molar-refractivity contribution in [3.63, 3.8) is 0 Å². The molecule has 0 aromatic carbocycles. The largest absolute Gasteiger partial charge is 0.481 e. The molecule has 1 amide bonds. The van der Waals surface area contributed by atoms with Crippen LogP contribution in [0.2, 0.25) is 18.1 Å². The van der Waals surface area contributed by atoms with Crippen LogP contribution in [0.4, 0.5) is 0 Å². The Kier molecular flexibility index (Phi) is 19.8. The zero-order chi connectivity index (χ0) is 50.4. The van der Waals surface area contributed by atoms with Crippen LogP contribution < -0.4 is 0 Å². The van der Waals surface area contributed by atoms with Crippen LogP contribution in [0.15, 0.2) is 23.3 Å². The van der Waals surface area contributed by atoms with E-state index in [2.05, 4.69) is 40.8 Å². The van der Waals surface area contributed by atoms with Crippen molar-refractivity contribution in [3.05, 3.63) is 23.3 Å². The van der Waals surface area contributed by atoms with Gasteiger partial charge in [-0.3, -0.25) is 19.2 Å². The van der Waals surface area contributed by atoms with E-state index < -0.39 is 110 Å². The number of hydrogen-bond acceptors (Lipinski definition) is 13. The van der Waals surface area contributed by atoms with Crippen LogP contribution >= 0.6 is 0 Å². The second-order valence-electron chi connectivity index (χ2n) is 22.0. The normalized spacial score (nSPS) is 38.3. The molecule has 1 saturated carbocycles. The maximum atomic E-state index is 14.9. The molecule has 3 heterocycles. The first-order valence-electron chi connectivity index (χ1n) is 24.7. The number of allylic oxidation sites excluding steroid dienone is 3. The van der Waals surface area contributed by atoms with Gasteiger partial charge in [-0.15, -0.1) is 0 Å². The minimum Gasteiger partial charge on any atom is -0.481 e. The molecular formula is C51H85NO14Si. The molecule has 14 unspecified atom stereocenters. The van der Waals surface area contributed by atoms with E-state index in [1.54, 1.807) is 6.92 Å². The van der Waals surface area contributed by atoms with Gasteiger partial charge in [0.2, 0.25) is 5.79 Å². The van der Waals surface area contributed by atoms with Crippen LogP contribution in [-0.4, -0.2) is 140 Å². The summed E-state index contributed by atoms with van der Waals surface area (Å²) in [6.07, 6.45) is 3.14. The van der Waals surface area contributed by atoms with Crippen molar-refractivity contribution >= 4 is 37.7 Å². The summed E-state index contributed by atoms with van der Waals surface area (Å²) in [5.41, 5.74) is 0.117.